The lowest BCUT2D eigenvalue weighted by molar-refractivity contribution is -0.0562. The fourth-order valence-electron chi connectivity index (χ4n) is 1.67. The van der Waals surface area contributed by atoms with Gasteiger partial charge in [0.1, 0.15) is 24.5 Å². The number of nitrogens with zero attached hydrogens (tertiary/aromatic N) is 3. The molecule has 0 fully saturated rings. The second-order valence-electron chi connectivity index (χ2n) is 4.49. The first-order valence-corrected chi connectivity index (χ1v) is 6.55. The largest absolute Gasteiger partial charge is 0.466 e. The molecule has 0 saturated heterocycles. The van der Waals surface area contributed by atoms with E-state index in [-0.39, 0.29) is 12.5 Å². The van der Waals surface area contributed by atoms with E-state index in [1.54, 1.807) is 31.2 Å². The number of aromatic nitrogens is 3. The van der Waals surface area contributed by atoms with Crippen molar-refractivity contribution in [3.8, 4) is 5.75 Å². The third-order valence-electron chi connectivity index (χ3n) is 2.93. The molecule has 1 aromatic heterocycles. The van der Waals surface area contributed by atoms with Gasteiger partial charge in [-0.25, -0.2) is 9.67 Å². The standard InChI is InChI=1S/C13H16ClN3O3/c1-9(6-18)12(19)13(17-8-15-7-16-17)20-11-4-2-10(14)3-5-11/h2-5,7-9,12-13,18-19H,6H2,1H3. The summed E-state index contributed by atoms with van der Waals surface area (Å²) in [6, 6.07) is 6.78. The van der Waals surface area contributed by atoms with Crippen LogP contribution < -0.4 is 4.74 Å². The average molecular weight is 298 g/mol. The molecule has 2 aromatic rings. The number of rotatable bonds is 6. The Kier molecular flexibility index (Phi) is 4.94. The van der Waals surface area contributed by atoms with Gasteiger partial charge in [-0.2, -0.15) is 5.10 Å². The molecule has 0 aliphatic carbocycles. The Morgan fingerprint density at radius 1 is 1.35 bits per heavy atom. The number of hydrogen-bond acceptors (Lipinski definition) is 5. The minimum Gasteiger partial charge on any atom is -0.466 e. The van der Waals surface area contributed by atoms with Crippen molar-refractivity contribution in [3.05, 3.63) is 41.9 Å². The molecule has 1 heterocycles. The predicted octanol–water partition coefficient (Wildman–Crippen LogP) is 1.50. The third kappa shape index (κ3) is 3.47. The molecule has 2 rings (SSSR count). The zero-order valence-corrected chi connectivity index (χ0v) is 11.7. The van der Waals surface area contributed by atoms with Crippen molar-refractivity contribution >= 4 is 11.6 Å². The molecule has 0 bridgehead atoms. The van der Waals surface area contributed by atoms with Crippen molar-refractivity contribution in [2.45, 2.75) is 19.3 Å². The van der Waals surface area contributed by atoms with Crippen LogP contribution in [0, 0.1) is 5.92 Å². The van der Waals surface area contributed by atoms with E-state index in [0.29, 0.717) is 10.8 Å². The fraction of sp³-hybridized carbons (Fsp3) is 0.385. The summed E-state index contributed by atoms with van der Waals surface area (Å²) < 4.78 is 7.15. The molecule has 0 aliphatic heterocycles. The van der Waals surface area contributed by atoms with E-state index in [4.69, 9.17) is 16.3 Å². The van der Waals surface area contributed by atoms with Crippen LogP contribution in [0.4, 0.5) is 0 Å². The fourth-order valence-corrected chi connectivity index (χ4v) is 1.80. The van der Waals surface area contributed by atoms with Gasteiger partial charge in [-0.15, -0.1) is 0 Å². The van der Waals surface area contributed by atoms with Crippen molar-refractivity contribution in [2.75, 3.05) is 6.61 Å². The number of aliphatic hydroxyl groups excluding tert-OH is 2. The van der Waals surface area contributed by atoms with Crippen molar-refractivity contribution < 1.29 is 14.9 Å². The first kappa shape index (κ1) is 14.8. The van der Waals surface area contributed by atoms with E-state index in [9.17, 15) is 10.2 Å². The van der Waals surface area contributed by atoms with Gasteiger partial charge >= 0.3 is 0 Å². The lowest BCUT2D eigenvalue weighted by Gasteiger charge is -2.27. The lowest BCUT2D eigenvalue weighted by Crippen LogP contribution is -2.35. The highest BCUT2D eigenvalue weighted by atomic mass is 35.5. The quantitative estimate of drug-likeness (QED) is 0.844. The Morgan fingerprint density at radius 3 is 2.60 bits per heavy atom. The van der Waals surface area contributed by atoms with E-state index in [1.165, 1.54) is 17.3 Å². The minimum absolute atomic E-state index is 0.156. The molecule has 6 nitrogen and oxygen atoms in total. The molecule has 0 aliphatic rings. The van der Waals surface area contributed by atoms with E-state index >= 15 is 0 Å². The summed E-state index contributed by atoms with van der Waals surface area (Å²) in [5.74, 6) is 0.176. The zero-order valence-electron chi connectivity index (χ0n) is 10.9. The van der Waals surface area contributed by atoms with Crippen LogP contribution in [0.25, 0.3) is 0 Å². The number of aliphatic hydroxyl groups is 2. The summed E-state index contributed by atoms with van der Waals surface area (Å²) in [4.78, 5) is 3.84. The number of halogens is 1. The van der Waals surface area contributed by atoms with Crippen molar-refractivity contribution in [3.63, 3.8) is 0 Å². The summed E-state index contributed by atoms with van der Waals surface area (Å²) in [5.41, 5.74) is 0. The average Bonchev–Trinajstić information content (AvgIpc) is 2.99. The van der Waals surface area contributed by atoms with Gasteiger partial charge in [-0.1, -0.05) is 18.5 Å². The highest BCUT2D eigenvalue weighted by molar-refractivity contribution is 6.30. The molecule has 108 valence electrons. The molecule has 1 aromatic carbocycles. The van der Waals surface area contributed by atoms with Crippen LogP contribution in [-0.4, -0.2) is 37.7 Å². The zero-order chi connectivity index (χ0) is 14.5. The SMILES string of the molecule is CC(CO)C(O)C(Oc1ccc(Cl)cc1)n1cncn1. The maximum Gasteiger partial charge on any atom is 0.219 e. The molecule has 3 atom stereocenters. The normalized spacial score (nSPS) is 15.6. The highest BCUT2D eigenvalue weighted by Crippen LogP contribution is 2.24. The maximum atomic E-state index is 10.3. The van der Waals surface area contributed by atoms with Crippen LogP contribution in [0.1, 0.15) is 13.2 Å². The van der Waals surface area contributed by atoms with Crippen LogP contribution in [0.2, 0.25) is 5.02 Å². The number of benzene rings is 1. The predicted molar refractivity (Wildman–Crippen MR) is 73.4 cm³/mol. The molecule has 20 heavy (non-hydrogen) atoms. The Balaban J connectivity index is 2.21. The monoisotopic (exact) mass is 297 g/mol. The first-order valence-electron chi connectivity index (χ1n) is 6.17. The maximum absolute atomic E-state index is 10.3. The molecule has 7 heteroatoms. The highest BCUT2D eigenvalue weighted by Gasteiger charge is 2.28. The van der Waals surface area contributed by atoms with Crippen LogP contribution >= 0.6 is 11.6 Å². The summed E-state index contributed by atoms with van der Waals surface area (Å²) in [5, 5.41) is 24.0. The summed E-state index contributed by atoms with van der Waals surface area (Å²) >= 11 is 5.82. The summed E-state index contributed by atoms with van der Waals surface area (Å²) in [6.45, 7) is 1.57. The van der Waals surface area contributed by atoms with Gasteiger partial charge < -0.3 is 14.9 Å². The topological polar surface area (TPSA) is 80.4 Å². The molecule has 0 radical (unpaired) electrons. The second-order valence-corrected chi connectivity index (χ2v) is 4.92. The van der Waals surface area contributed by atoms with Gasteiger partial charge in [-0.3, -0.25) is 0 Å². The Hall–Kier alpha value is -1.63. The van der Waals surface area contributed by atoms with Gasteiger partial charge in [-0.05, 0) is 24.3 Å². The van der Waals surface area contributed by atoms with Crippen LogP contribution in [0.3, 0.4) is 0 Å². The van der Waals surface area contributed by atoms with Gasteiger partial charge in [0.05, 0.1) is 0 Å². The Morgan fingerprint density at radius 2 is 2.05 bits per heavy atom. The van der Waals surface area contributed by atoms with E-state index in [1.807, 2.05) is 0 Å². The number of hydrogen-bond donors (Lipinski definition) is 2. The van der Waals surface area contributed by atoms with E-state index < -0.39 is 12.3 Å². The smallest absolute Gasteiger partial charge is 0.219 e. The molecular weight excluding hydrogens is 282 g/mol. The Bertz CT molecular complexity index is 518. The van der Waals surface area contributed by atoms with Gasteiger partial charge in [0, 0.05) is 17.5 Å². The minimum atomic E-state index is -0.933. The second kappa shape index (κ2) is 6.69. The van der Waals surface area contributed by atoms with Crippen molar-refractivity contribution in [1.29, 1.82) is 0 Å². The van der Waals surface area contributed by atoms with Gasteiger partial charge in [0.15, 0.2) is 0 Å². The summed E-state index contributed by atoms with van der Waals surface area (Å²) in [7, 11) is 0. The Labute approximate surface area is 121 Å². The van der Waals surface area contributed by atoms with Gasteiger partial charge in [0.25, 0.3) is 0 Å². The van der Waals surface area contributed by atoms with Crippen LogP contribution in [-0.2, 0) is 0 Å². The summed E-state index contributed by atoms with van der Waals surface area (Å²) in [6.07, 6.45) is 1.10. The molecular formula is C13H16ClN3O3. The lowest BCUT2D eigenvalue weighted by atomic mass is 10.0. The van der Waals surface area contributed by atoms with Crippen molar-refractivity contribution in [1.82, 2.24) is 14.8 Å². The first-order chi connectivity index (χ1) is 9.61. The molecule has 2 N–H and O–H groups in total. The molecule has 0 spiro atoms. The molecule has 0 amide bonds. The molecule has 3 unspecified atom stereocenters. The van der Waals surface area contributed by atoms with E-state index in [2.05, 4.69) is 10.1 Å². The third-order valence-corrected chi connectivity index (χ3v) is 3.18. The number of ether oxygens (including phenoxy) is 1. The van der Waals surface area contributed by atoms with Crippen molar-refractivity contribution in [2.24, 2.45) is 5.92 Å². The van der Waals surface area contributed by atoms with Crippen LogP contribution in [0.5, 0.6) is 5.75 Å². The van der Waals surface area contributed by atoms with Gasteiger partial charge in [0.2, 0.25) is 6.23 Å². The molecule has 0 saturated carbocycles. The van der Waals surface area contributed by atoms with E-state index in [0.717, 1.165) is 0 Å². The van der Waals surface area contributed by atoms with Crippen LogP contribution in [0.15, 0.2) is 36.9 Å².